The Hall–Kier alpha value is -3.82. The summed E-state index contributed by atoms with van der Waals surface area (Å²) in [4.78, 5) is 34.0. The lowest BCUT2D eigenvalue weighted by molar-refractivity contribution is 0.0659. The third-order valence-electron chi connectivity index (χ3n) is 6.32. The summed E-state index contributed by atoms with van der Waals surface area (Å²) in [5.74, 6) is 1.47. The molecular formula is C27H30N6O3. The lowest BCUT2D eigenvalue weighted by Gasteiger charge is -2.32. The zero-order chi connectivity index (χ0) is 24.9. The van der Waals surface area contributed by atoms with Crippen molar-refractivity contribution in [1.29, 1.82) is 0 Å². The van der Waals surface area contributed by atoms with Gasteiger partial charge in [-0.25, -0.2) is 9.97 Å². The van der Waals surface area contributed by atoms with E-state index in [2.05, 4.69) is 33.0 Å². The van der Waals surface area contributed by atoms with Crippen molar-refractivity contribution in [2.75, 3.05) is 53.6 Å². The van der Waals surface area contributed by atoms with Crippen LogP contribution in [-0.2, 0) is 11.2 Å². The number of piperazine rings is 1. The fourth-order valence-electron chi connectivity index (χ4n) is 4.28. The van der Waals surface area contributed by atoms with Crippen LogP contribution in [0.2, 0.25) is 0 Å². The number of fused-ring (bicyclic) bond motifs is 1. The molecule has 4 aromatic rings. The number of H-pyrrole nitrogens is 1. The Balaban J connectivity index is 1.30. The van der Waals surface area contributed by atoms with Crippen LogP contribution in [0.5, 0.6) is 5.75 Å². The molecule has 1 amide bonds. The number of carbonyl (C=O) groups excluding carboxylic acids is 1. The van der Waals surface area contributed by atoms with E-state index in [1.54, 1.807) is 19.5 Å². The highest BCUT2D eigenvalue weighted by molar-refractivity contribution is 5.98. The summed E-state index contributed by atoms with van der Waals surface area (Å²) < 4.78 is 10.7. The molecule has 5 rings (SSSR count). The van der Waals surface area contributed by atoms with Gasteiger partial charge < -0.3 is 24.3 Å². The molecule has 4 heterocycles. The first-order chi connectivity index (χ1) is 17.6. The number of amides is 1. The number of methoxy groups -OCH3 is 1. The van der Waals surface area contributed by atoms with E-state index in [-0.39, 0.29) is 5.91 Å². The molecular weight excluding hydrogens is 456 g/mol. The maximum absolute atomic E-state index is 13.0. The fraction of sp³-hybridized carbons (Fsp3) is 0.333. The Kier molecular flexibility index (Phi) is 7.20. The van der Waals surface area contributed by atoms with Crippen LogP contribution in [0, 0.1) is 0 Å². The SMILES string of the molecule is COCCOc1ccnc(-c2ccnc(Cc3ccc4[nH]c(C(=O)N5CCN(C)CC5)cc4c3)n2)c1. The highest BCUT2D eigenvalue weighted by atomic mass is 16.5. The van der Waals surface area contributed by atoms with E-state index in [1.165, 1.54) is 0 Å². The number of ether oxygens (including phenoxy) is 2. The van der Waals surface area contributed by atoms with Gasteiger partial charge in [-0.05, 0) is 42.9 Å². The van der Waals surface area contributed by atoms with Gasteiger partial charge in [0.2, 0.25) is 0 Å². The number of aromatic nitrogens is 4. The van der Waals surface area contributed by atoms with E-state index < -0.39 is 0 Å². The van der Waals surface area contributed by atoms with Crippen LogP contribution in [0.3, 0.4) is 0 Å². The number of carbonyl (C=O) groups is 1. The van der Waals surface area contributed by atoms with Gasteiger partial charge in [0.05, 0.1) is 18.0 Å². The Morgan fingerprint density at radius 2 is 1.81 bits per heavy atom. The lowest BCUT2D eigenvalue weighted by atomic mass is 10.1. The second-order valence-electron chi connectivity index (χ2n) is 8.95. The van der Waals surface area contributed by atoms with Gasteiger partial charge in [0.25, 0.3) is 5.91 Å². The minimum absolute atomic E-state index is 0.0535. The van der Waals surface area contributed by atoms with Crippen LogP contribution in [0.15, 0.2) is 54.9 Å². The molecule has 36 heavy (non-hydrogen) atoms. The highest BCUT2D eigenvalue weighted by Crippen LogP contribution is 2.22. The second-order valence-corrected chi connectivity index (χ2v) is 8.95. The number of pyridine rings is 1. The first-order valence-corrected chi connectivity index (χ1v) is 12.1. The highest BCUT2D eigenvalue weighted by Gasteiger charge is 2.21. The molecule has 9 nitrogen and oxygen atoms in total. The van der Waals surface area contributed by atoms with Crippen molar-refractivity contribution in [2.24, 2.45) is 0 Å². The Bertz CT molecular complexity index is 1350. The molecule has 0 atom stereocenters. The van der Waals surface area contributed by atoms with E-state index in [1.807, 2.05) is 41.3 Å². The smallest absolute Gasteiger partial charge is 0.270 e. The summed E-state index contributed by atoms with van der Waals surface area (Å²) in [6.07, 6.45) is 4.03. The molecule has 1 fully saturated rings. The summed E-state index contributed by atoms with van der Waals surface area (Å²) in [6.45, 7) is 4.29. The van der Waals surface area contributed by atoms with E-state index in [0.29, 0.717) is 31.2 Å². The Morgan fingerprint density at radius 3 is 2.64 bits per heavy atom. The van der Waals surface area contributed by atoms with Crippen molar-refractivity contribution in [3.05, 3.63) is 71.9 Å². The van der Waals surface area contributed by atoms with Crippen LogP contribution < -0.4 is 4.74 Å². The molecule has 0 bridgehead atoms. The minimum atomic E-state index is 0.0535. The van der Waals surface area contributed by atoms with Gasteiger partial charge >= 0.3 is 0 Å². The van der Waals surface area contributed by atoms with E-state index in [9.17, 15) is 4.79 Å². The van der Waals surface area contributed by atoms with Crippen LogP contribution in [0.4, 0.5) is 0 Å². The number of aromatic amines is 1. The zero-order valence-electron chi connectivity index (χ0n) is 20.6. The maximum atomic E-state index is 13.0. The minimum Gasteiger partial charge on any atom is -0.491 e. The quantitative estimate of drug-likeness (QED) is 0.383. The lowest BCUT2D eigenvalue weighted by Crippen LogP contribution is -2.47. The normalized spacial score (nSPS) is 14.3. The molecule has 0 saturated carbocycles. The number of likely N-dealkylation sites (N-methyl/N-ethyl adjacent to an activating group) is 1. The molecule has 186 valence electrons. The van der Waals surface area contributed by atoms with Crippen LogP contribution in [0.1, 0.15) is 21.9 Å². The molecule has 1 saturated heterocycles. The number of rotatable bonds is 8. The first-order valence-electron chi connectivity index (χ1n) is 12.1. The van der Waals surface area contributed by atoms with Crippen LogP contribution >= 0.6 is 0 Å². The van der Waals surface area contributed by atoms with Gasteiger partial charge in [-0.3, -0.25) is 9.78 Å². The van der Waals surface area contributed by atoms with Crippen molar-refractivity contribution in [3.63, 3.8) is 0 Å². The molecule has 0 radical (unpaired) electrons. The third-order valence-corrected chi connectivity index (χ3v) is 6.32. The summed E-state index contributed by atoms with van der Waals surface area (Å²) in [7, 11) is 3.72. The average molecular weight is 487 g/mol. The molecule has 1 aromatic carbocycles. The van der Waals surface area contributed by atoms with Crippen molar-refractivity contribution in [1.82, 2.24) is 29.7 Å². The topological polar surface area (TPSA) is 96.5 Å². The van der Waals surface area contributed by atoms with Crippen LogP contribution in [0.25, 0.3) is 22.3 Å². The molecule has 1 aliphatic heterocycles. The van der Waals surface area contributed by atoms with Gasteiger partial charge in [-0.2, -0.15) is 0 Å². The van der Waals surface area contributed by atoms with Gasteiger partial charge in [-0.15, -0.1) is 0 Å². The molecule has 0 aliphatic carbocycles. The maximum Gasteiger partial charge on any atom is 0.270 e. The number of hydrogen-bond acceptors (Lipinski definition) is 7. The molecule has 1 N–H and O–H groups in total. The van der Waals surface area contributed by atoms with Crippen molar-refractivity contribution >= 4 is 16.8 Å². The van der Waals surface area contributed by atoms with Crippen LogP contribution in [-0.4, -0.2) is 89.2 Å². The summed E-state index contributed by atoms with van der Waals surface area (Å²) in [5.41, 5.74) is 4.10. The van der Waals surface area contributed by atoms with E-state index in [4.69, 9.17) is 14.5 Å². The van der Waals surface area contributed by atoms with Crippen molar-refractivity contribution < 1.29 is 14.3 Å². The number of nitrogens with zero attached hydrogens (tertiary/aromatic N) is 5. The standard InChI is InChI=1S/C27H30N6O3/c1-32-9-11-33(12-10-32)27(34)25-17-20-15-19(3-4-22(20)30-25)16-26-29-8-6-23(31-26)24-18-21(5-7-28-24)36-14-13-35-2/h3-8,15,17-18,30H,9-14,16H2,1-2H3. The van der Waals surface area contributed by atoms with Gasteiger partial charge in [0.15, 0.2) is 0 Å². The number of nitrogens with one attached hydrogen (secondary N) is 1. The Morgan fingerprint density at radius 1 is 0.972 bits per heavy atom. The fourth-order valence-corrected chi connectivity index (χ4v) is 4.28. The predicted octanol–water partition coefficient (Wildman–Crippen LogP) is 3.02. The third kappa shape index (κ3) is 5.53. The van der Waals surface area contributed by atoms with Gasteiger partial charge in [0.1, 0.15) is 23.9 Å². The summed E-state index contributed by atoms with van der Waals surface area (Å²) in [5, 5.41) is 1.00. The van der Waals surface area contributed by atoms with Crippen molar-refractivity contribution in [2.45, 2.75) is 6.42 Å². The molecule has 3 aromatic heterocycles. The average Bonchev–Trinajstić information content (AvgIpc) is 3.33. The van der Waals surface area contributed by atoms with Crippen molar-refractivity contribution in [3.8, 4) is 17.1 Å². The summed E-state index contributed by atoms with van der Waals surface area (Å²) in [6, 6.07) is 13.6. The predicted molar refractivity (Wildman–Crippen MR) is 137 cm³/mol. The zero-order valence-corrected chi connectivity index (χ0v) is 20.6. The van der Waals surface area contributed by atoms with Gasteiger partial charge in [-0.1, -0.05) is 6.07 Å². The largest absolute Gasteiger partial charge is 0.491 e. The molecule has 1 aliphatic rings. The summed E-state index contributed by atoms with van der Waals surface area (Å²) >= 11 is 0. The first kappa shape index (κ1) is 23.9. The number of hydrogen-bond donors (Lipinski definition) is 1. The molecule has 9 heteroatoms. The second kappa shape index (κ2) is 10.8. The molecule has 0 spiro atoms. The van der Waals surface area contributed by atoms with E-state index >= 15 is 0 Å². The molecule has 0 unspecified atom stereocenters. The van der Waals surface area contributed by atoms with Gasteiger partial charge in [0, 0.05) is 69.1 Å². The Labute approximate surface area is 210 Å². The number of benzene rings is 1. The van der Waals surface area contributed by atoms with E-state index in [0.717, 1.165) is 59.8 Å². The monoisotopic (exact) mass is 486 g/mol.